The highest BCUT2D eigenvalue weighted by molar-refractivity contribution is 5.95. The second-order valence-corrected chi connectivity index (χ2v) is 5.64. The molecule has 0 saturated carbocycles. The first-order chi connectivity index (χ1) is 10.3. The highest BCUT2D eigenvalue weighted by atomic mass is 15.2. The molecule has 1 aliphatic rings. The fourth-order valence-electron chi connectivity index (χ4n) is 3.36. The third-order valence-corrected chi connectivity index (χ3v) is 4.52. The van der Waals surface area contributed by atoms with Gasteiger partial charge in [0.2, 0.25) is 0 Å². The van der Waals surface area contributed by atoms with Crippen molar-refractivity contribution in [2.45, 2.75) is 39.5 Å². The molecule has 0 radical (unpaired) electrons. The molecule has 0 amide bonds. The fourth-order valence-corrected chi connectivity index (χ4v) is 3.36. The predicted octanol–water partition coefficient (Wildman–Crippen LogP) is 3.25. The van der Waals surface area contributed by atoms with Gasteiger partial charge >= 0.3 is 0 Å². The zero-order valence-electron chi connectivity index (χ0n) is 12.9. The van der Waals surface area contributed by atoms with Crippen molar-refractivity contribution in [3.63, 3.8) is 0 Å². The van der Waals surface area contributed by atoms with Gasteiger partial charge in [0.15, 0.2) is 0 Å². The summed E-state index contributed by atoms with van der Waals surface area (Å²) in [5.74, 6) is 5.84. The SMILES string of the molecule is CCN(CC)c1ccc2nc3c(c(NN)c2c1)CCCC3. The van der Waals surface area contributed by atoms with Gasteiger partial charge in [-0.25, -0.2) is 0 Å². The van der Waals surface area contributed by atoms with Crippen LogP contribution in [0.2, 0.25) is 0 Å². The fraction of sp³-hybridized carbons (Fsp3) is 0.471. The van der Waals surface area contributed by atoms with Crippen molar-refractivity contribution in [2.24, 2.45) is 5.84 Å². The van der Waals surface area contributed by atoms with E-state index < -0.39 is 0 Å². The van der Waals surface area contributed by atoms with E-state index >= 15 is 0 Å². The maximum atomic E-state index is 5.84. The largest absolute Gasteiger partial charge is 0.372 e. The van der Waals surface area contributed by atoms with Crippen molar-refractivity contribution < 1.29 is 0 Å². The lowest BCUT2D eigenvalue weighted by molar-refractivity contribution is 0.672. The summed E-state index contributed by atoms with van der Waals surface area (Å²) in [5, 5.41) is 1.14. The molecule has 4 nitrogen and oxygen atoms in total. The van der Waals surface area contributed by atoms with Crippen LogP contribution in [0.15, 0.2) is 18.2 Å². The first-order valence-electron chi connectivity index (χ1n) is 7.95. The van der Waals surface area contributed by atoms with Gasteiger partial charge in [0, 0.05) is 29.9 Å². The minimum absolute atomic E-state index is 1.01. The first-order valence-corrected chi connectivity index (χ1v) is 7.95. The van der Waals surface area contributed by atoms with Crippen LogP contribution in [0.25, 0.3) is 10.9 Å². The number of rotatable bonds is 4. The summed E-state index contributed by atoms with van der Waals surface area (Å²) in [6.07, 6.45) is 4.60. The quantitative estimate of drug-likeness (QED) is 0.668. The maximum absolute atomic E-state index is 5.84. The van der Waals surface area contributed by atoms with E-state index in [1.54, 1.807) is 0 Å². The first kappa shape index (κ1) is 14.1. The number of aromatic nitrogens is 1. The Morgan fingerprint density at radius 2 is 1.95 bits per heavy atom. The van der Waals surface area contributed by atoms with Crippen LogP contribution in [-0.4, -0.2) is 18.1 Å². The van der Waals surface area contributed by atoms with Crippen LogP contribution in [0.3, 0.4) is 0 Å². The number of pyridine rings is 1. The van der Waals surface area contributed by atoms with Crippen molar-refractivity contribution in [1.29, 1.82) is 0 Å². The normalized spacial score (nSPS) is 14.0. The van der Waals surface area contributed by atoms with E-state index in [2.05, 4.69) is 42.4 Å². The zero-order valence-corrected chi connectivity index (χ0v) is 12.9. The molecule has 0 aliphatic heterocycles. The van der Waals surface area contributed by atoms with Crippen molar-refractivity contribution in [2.75, 3.05) is 23.4 Å². The molecule has 4 heteroatoms. The Bertz CT molecular complexity index is 647. The second kappa shape index (κ2) is 5.90. The standard InChI is InChI=1S/C17H24N4/c1-3-21(4-2)12-9-10-16-14(11-12)17(20-18)13-7-5-6-8-15(13)19-16/h9-11H,3-8,18H2,1-2H3,(H,19,20). The highest BCUT2D eigenvalue weighted by Crippen LogP contribution is 2.34. The Morgan fingerprint density at radius 3 is 2.67 bits per heavy atom. The Balaban J connectivity index is 2.19. The highest BCUT2D eigenvalue weighted by Gasteiger charge is 2.18. The van der Waals surface area contributed by atoms with Crippen LogP contribution in [0.1, 0.15) is 37.9 Å². The summed E-state index contributed by atoms with van der Waals surface area (Å²) in [7, 11) is 0. The summed E-state index contributed by atoms with van der Waals surface area (Å²) in [4.78, 5) is 7.21. The number of nitrogens with zero attached hydrogens (tertiary/aromatic N) is 2. The molecule has 0 spiro atoms. The van der Waals surface area contributed by atoms with E-state index in [-0.39, 0.29) is 0 Å². The molecule has 1 heterocycles. The molecule has 3 N–H and O–H groups in total. The lowest BCUT2D eigenvalue weighted by atomic mass is 9.92. The van der Waals surface area contributed by atoms with Crippen molar-refractivity contribution >= 4 is 22.3 Å². The van der Waals surface area contributed by atoms with Crippen LogP contribution in [0.4, 0.5) is 11.4 Å². The molecule has 0 unspecified atom stereocenters. The molecule has 0 bridgehead atoms. The summed E-state index contributed by atoms with van der Waals surface area (Å²) in [6, 6.07) is 6.51. The molecule has 0 atom stereocenters. The van der Waals surface area contributed by atoms with Crippen molar-refractivity contribution in [3.05, 3.63) is 29.5 Å². The van der Waals surface area contributed by atoms with Crippen LogP contribution < -0.4 is 16.2 Å². The van der Waals surface area contributed by atoms with E-state index in [0.29, 0.717) is 0 Å². The number of hydrogen-bond donors (Lipinski definition) is 2. The number of nitrogens with two attached hydrogens (primary N) is 1. The molecule has 1 aromatic carbocycles. The Labute approximate surface area is 126 Å². The molecular weight excluding hydrogens is 260 g/mol. The lowest BCUT2D eigenvalue weighted by Gasteiger charge is -2.24. The van der Waals surface area contributed by atoms with Crippen LogP contribution >= 0.6 is 0 Å². The Morgan fingerprint density at radius 1 is 1.19 bits per heavy atom. The van der Waals surface area contributed by atoms with Gasteiger partial charge < -0.3 is 10.3 Å². The third-order valence-electron chi connectivity index (χ3n) is 4.52. The van der Waals surface area contributed by atoms with E-state index in [1.165, 1.54) is 29.8 Å². The van der Waals surface area contributed by atoms with E-state index in [4.69, 9.17) is 10.8 Å². The topological polar surface area (TPSA) is 54.2 Å². The summed E-state index contributed by atoms with van der Waals surface area (Å²) >= 11 is 0. The van der Waals surface area contributed by atoms with Crippen LogP contribution in [0, 0.1) is 0 Å². The van der Waals surface area contributed by atoms with E-state index in [1.807, 2.05) is 0 Å². The predicted molar refractivity (Wildman–Crippen MR) is 89.8 cm³/mol. The number of benzene rings is 1. The molecule has 112 valence electrons. The van der Waals surface area contributed by atoms with Gasteiger partial charge in [-0.3, -0.25) is 10.8 Å². The van der Waals surface area contributed by atoms with Crippen LogP contribution in [-0.2, 0) is 12.8 Å². The van der Waals surface area contributed by atoms with Gasteiger partial charge in [-0.2, -0.15) is 0 Å². The molecule has 0 saturated heterocycles. The minimum Gasteiger partial charge on any atom is -0.372 e. The monoisotopic (exact) mass is 284 g/mol. The number of fused-ring (bicyclic) bond motifs is 2. The van der Waals surface area contributed by atoms with Gasteiger partial charge in [0.25, 0.3) is 0 Å². The van der Waals surface area contributed by atoms with E-state index in [9.17, 15) is 0 Å². The molecule has 2 aromatic rings. The maximum Gasteiger partial charge on any atom is 0.0728 e. The van der Waals surface area contributed by atoms with Gasteiger partial charge in [-0.05, 0) is 63.3 Å². The summed E-state index contributed by atoms with van der Waals surface area (Å²) in [6.45, 7) is 6.37. The number of anilines is 2. The molecule has 1 aromatic heterocycles. The number of hydrazine groups is 1. The Hall–Kier alpha value is -1.81. The molecule has 3 rings (SSSR count). The molecular formula is C17H24N4. The minimum atomic E-state index is 1.01. The number of aryl methyl sites for hydroxylation is 1. The molecule has 21 heavy (non-hydrogen) atoms. The number of hydrogen-bond acceptors (Lipinski definition) is 4. The second-order valence-electron chi connectivity index (χ2n) is 5.64. The smallest absolute Gasteiger partial charge is 0.0728 e. The average molecular weight is 284 g/mol. The lowest BCUT2D eigenvalue weighted by Crippen LogP contribution is -2.22. The van der Waals surface area contributed by atoms with Crippen molar-refractivity contribution in [3.8, 4) is 0 Å². The van der Waals surface area contributed by atoms with Gasteiger partial charge in [0.1, 0.15) is 0 Å². The van der Waals surface area contributed by atoms with Crippen LogP contribution in [0.5, 0.6) is 0 Å². The molecule has 1 aliphatic carbocycles. The summed E-state index contributed by atoms with van der Waals surface area (Å²) < 4.78 is 0. The molecule has 0 fully saturated rings. The zero-order chi connectivity index (χ0) is 14.8. The summed E-state index contributed by atoms with van der Waals surface area (Å²) in [5.41, 5.74) is 8.83. The average Bonchev–Trinajstić information content (AvgIpc) is 2.53. The van der Waals surface area contributed by atoms with Gasteiger partial charge in [-0.1, -0.05) is 0 Å². The Kier molecular flexibility index (Phi) is 3.97. The number of nitrogens with one attached hydrogen (secondary N) is 1. The van der Waals surface area contributed by atoms with Crippen molar-refractivity contribution in [1.82, 2.24) is 4.98 Å². The van der Waals surface area contributed by atoms with Gasteiger partial charge in [0.05, 0.1) is 11.2 Å². The number of nitrogen functional groups attached to an aromatic ring is 1. The third kappa shape index (κ3) is 2.44. The van der Waals surface area contributed by atoms with Gasteiger partial charge in [-0.15, -0.1) is 0 Å². The van der Waals surface area contributed by atoms with E-state index in [0.717, 1.165) is 42.5 Å².